The molecule has 82 valence electrons. The molecule has 1 atom stereocenters. The summed E-state index contributed by atoms with van der Waals surface area (Å²) in [5.74, 6) is -0.212. The molecule has 1 amide bonds. The fraction of sp³-hybridized carbons (Fsp3) is 0.364. The number of aryl methyl sites for hydroxylation is 1. The highest BCUT2D eigenvalue weighted by Crippen LogP contribution is 2.15. The Morgan fingerprint density at radius 2 is 2.27 bits per heavy atom. The minimum atomic E-state index is -0.548. The number of aliphatic hydroxyl groups is 1. The van der Waals surface area contributed by atoms with Crippen LogP contribution in [0.15, 0.2) is 18.2 Å². The zero-order chi connectivity index (χ0) is 11.4. The first kappa shape index (κ1) is 12.0. The molecule has 0 heterocycles. The second-order valence-corrected chi connectivity index (χ2v) is 3.95. The zero-order valence-electron chi connectivity index (χ0n) is 8.75. The third-order valence-corrected chi connectivity index (χ3v) is 2.24. The van der Waals surface area contributed by atoms with Crippen LogP contribution in [-0.4, -0.2) is 23.7 Å². The van der Waals surface area contributed by atoms with Crippen molar-refractivity contribution >= 4 is 17.5 Å². The summed E-state index contributed by atoms with van der Waals surface area (Å²) in [7, 11) is 0. The van der Waals surface area contributed by atoms with Crippen LogP contribution in [0.5, 0.6) is 0 Å². The molecule has 0 bridgehead atoms. The monoisotopic (exact) mass is 227 g/mol. The Hall–Kier alpha value is -1.06. The second-order valence-electron chi connectivity index (χ2n) is 3.52. The van der Waals surface area contributed by atoms with Gasteiger partial charge in [0.2, 0.25) is 0 Å². The van der Waals surface area contributed by atoms with Gasteiger partial charge in [-0.3, -0.25) is 4.79 Å². The number of halogens is 1. The van der Waals surface area contributed by atoms with E-state index in [1.54, 1.807) is 25.1 Å². The molecule has 15 heavy (non-hydrogen) atoms. The number of carbonyl (C=O) groups is 1. The van der Waals surface area contributed by atoms with Crippen LogP contribution in [0.2, 0.25) is 5.02 Å². The van der Waals surface area contributed by atoms with Crippen molar-refractivity contribution in [3.8, 4) is 0 Å². The molecule has 0 fully saturated rings. The molecule has 0 aliphatic rings. The predicted molar refractivity (Wildman–Crippen MR) is 60.2 cm³/mol. The first-order valence-corrected chi connectivity index (χ1v) is 5.11. The first-order chi connectivity index (χ1) is 7.00. The third-order valence-electron chi connectivity index (χ3n) is 2.00. The molecule has 0 aliphatic heterocycles. The van der Waals surface area contributed by atoms with E-state index in [1.165, 1.54) is 0 Å². The summed E-state index contributed by atoms with van der Waals surface area (Å²) in [6.07, 6.45) is -0.548. The van der Waals surface area contributed by atoms with Gasteiger partial charge in [0.1, 0.15) is 0 Å². The first-order valence-electron chi connectivity index (χ1n) is 4.73. The maximum absolute atomic E-state index is 11.6. The van der Waals surface area contributed by atoms with Gasteiger partial charge in [0.15, 0.2) is 0 Å². The topological polar surface area (TPSA) is 49.3 Å². The fourth-order valence-corrected chi connectivity index (χ4v) is 1.35. The second kappa shape index (κ2) is 5.14. The lowest BCUT2D eigenvalue weighted by Gasteiger charge is -2.09. The van der Waals surface area contributed by atoms with Crippen LogP contribution < -0.4 is 5.32 Å². The van der Waals surface area contributed by atoms with Gasteiger partial charge in [-0.2, -0.15) is 0 Å². The van der Waals surface area contributed by atoms with E-state index in [0.717, 1.165) is 5.56 Å². The van der Waals surface area contributed by atoms with Gasteiger partial charge in [-0.25, -0.2) is 0 Å². The quantitative estimate of drug-likeness (QED) is 0.827. The van der Waals surface area contributed by atoms with Gasteiger partial charge in [-0.1, -0.05) is 17.7 Å². The predicted octanol–water partition coefficient (Wildman–Crippen LogP) is 1.76. The minimum Gasteiger partial charge on any atom is -0.392 e. The Balaban J connectivity index is 2.77. The molecule has 1 rings (SSSR count). The van der Waals surface area contributed by atoms with Crippen LogP contribution >= 0.6 is 11.6 Å². The van der Waals surface area contributed by atoms with E-state index in [1.807, 2.05) is 6.92 Å². The number of aliphatic hydroxyl groups excluding tert-OH is 1. The van der Waals surface area contributed by atoms with Crippen molar-refractivity contribution in [2.24, 2.45) is 0 Å². The Morgan fingerprint density at radius 3 is 2.87 bits per heavy atom. The average Bonchev–Trinajstić information content (AvgIpc) is 2.18. The van der Waals surface area contributed by atoms with E-state index in [2.05, 4.69) is 5.32 Å². The molecular weight excluding hydrogens is 214 g/mol. The van der Waals surface area contributed by atoms with Crippen molar-refractivity contribution in [2.45, 2.75) is 20.0 Å². The summed E-state index contributed by atoms with van der Waals surface area (Å²) >= 11 is 5.79. The SMILES string of the molecule is Cc1ccc(Cl)cc1C(=O)NC[C@H](C)O. The van der Waals surface area contributed by atoms with E-state index in [9.17, 15) is 4.79 Å². The molecule has 3 nitrogen and oxygen atoms in total. The summed E-state index contributed by atoms with van der Waals surface area (Å²) in [5, 5.41) is 12.2. The molecule has 1 aromatic rings. The van der Waals surface area contributed by atoms with E-state index in [0.29, 0.717) is 10.6 Å². The number of rotatable bonds is 3. The fourth-order valence-electron chi connectivity index (χ4n) is 1.17. The van der Waals surface area contributed by atoms with Crippen molar-refractivity contribution in [2.75, 3.05) is 6.54 Å². The van der Waals surface area contributed by atoms with Crippen molar-refractivity contribution in [3.05, 3.63) is 34.3 Å². The molecule has 0 aromatic heterocycles. The van der Waals surface area contributed by atoms with Crippen molar-refractivity contribution in [1.82, 2.24) is 5.32 Å². The summed E-state index contributed by atoms with van der Waals surface area (Å²) in [4.78, 5) is 11.6. The van der Waals surface area contributed by atoms with Crippen LogP contribution in [0.4, 0.5) is 0 Å². The Morgan fingerprint density at radius 1 is 1.60 bits per heavy atom. The van der Waals surface area contributed by atoms with Crippen molar-refractivity contribution < 1.29 is 9.90 Å². The molecule has 0 unspecified atom stereocenters. The number of amides is 1. The molecule has 4 heteroatoms. The maximum atomic E-state index is 11.6. The standard InChI is InChI=1S/C11H14ClNO2/c1-7-3-4-9(12)5-10(7)11(15)13-6-8(2)14/h3-5,8,14H,6H2,1-2H3,(H,13,15)/t8-/m0/s1. The van der Waals surface area contributed by atoms with Gasteiger partial charge in [0.25, 0.3) is 5.91 Å². The number of hydrogen-bond donors (Lipinski definition) is 2. The summed E-state index contributed by atoms with van der Waals surface area (Å²) in [6.45, 7) is 3.70. The Bertz CT molecular complexity index is 364. The normalized spacial score (nSPS) is 12.3. The van der Waals surface area contributed by atoms with Gasteiger partial charge in [-0.05, 0) is 31.5 Å². The molecular formula is C11H14ClNO2. The molecule has 0 saturated heterocycles. The smallest absolute Gasteiger partial charge is 0.251 e. The molecule has 0 radical (unpaired) electrons. The lowest BCUT2D eigenvalue weighted by molar-refractivity contribution is 0.0923. The zero-order valence-corrected chi connectivity index (χ0v) is 9.51. The maximum Gasteiger partial charge on any atom is 0.251 e. The molecule has 1 aromatic carbocycles. The third kappa shape index (κ3) is 3.53. The molecule has 0 saturated carbocycles. The lowest BCUT2D eigenvalue weighted by Crippen LogP contribution is -2.30. The van der Waals surface area contributed by atoms with Gasteiger partial charge < -0.3 is 10.4 Å². The largest absolute Gasteiger partial charge is 0.392 e. The highest BCUT2D eigenvalue weighted by Gasteiger charge is 2.09. The van der Waals surface area contributed by atoms with Crippen molar-refractivity contribution in [3.63, 3.8) is 0 Å². The lowest BCUT2D eigenvalue weighted by atomic mass is 10.1. The highest BCUT2D eigenvalue weighted by atomic mass is 35.5. The van der Waals surface area contributed by atoms with Crippen LogP contribution in [0.25, 0.3) is 0 Å². The molecule has 2 N–H and O–H groups in total. The van der Waals surface area contributed by atoms with E-state index >= 15 is 0 Å². The highest BCUT2D eigenvalue weighted by molar-refractivity contribution is 6.31. The van der Waals surface area contributed by atoms with Gasteiger partial charge >= 0.3 is 0 Å². The van der Waals surface area contributed by atoms with Crippen LogP contribution in [0.1, 0.15) is 22.8 Å². The summed E-state index contributed by atoms with van der Waals surface area (Å²) in [6, 6.07) is 5.15. The van der Waals surface area contributed by atoms with E-state index in [-0.39, 0.29) is 12.5 Å². The Labute approximate surface area is 94.1 Å². The van der Waals surface area contributed by atoms with Gasteiger partial charge in [-0.15, -0.1) is 0 Å². The van der Waals surface area contributed by atoms with Crippen LogP contribution in [0.3, 0.4) is 0 Å². The number of hydrogen-bond acceptors (Lipinski definition) is 2. The number of carbonyl (C=O) groups excluding carboxylic acids is 1. The van der Waals surface area contributed by atoms with E-state index < -0.39 is 6.10 Å². The summed E-state index contributed by atoms with van der Waals surface area (Å²) < 4.78 is 0. The van der Waals surface area contributed by atoms with Crippen LogP contribution in [-0.2, 0) is 0 Å². The van der Waals surface area contributed by atoms with E-state index in [4.69, 9.17) is 16.7 Å². The average molecular weight is 228 g/mol. The summed E-state index contributed by atoms with van der Waals surface area (Å²) in [5.41, 5.74) is 1.41. The Kier molecular flexibility index (Phi) is 4.12. The van der Waals surface area contributed by atoms with Crippen molar-refractivity contribution in [1.29, 1.82) is 0 Å². The molecule has 0 spiro atoms. The van der Waals surface area contributed by atoms with Gasteiger partial charge in [0, 0.05) is 17.1 Å². The number of benzene rings is 1. The number of nitrogens with one attached hydrogen (secondary N) is 1. The van der Waals surface area contributed by atoms with Crippen LogP contribution in [0, 0.1) is 6.92 Å². The minimum absolute atomic E-state index is 0.212. The molecule has 0 aliphatic carbocycles. The van der Waals surface area contributed by atoms with Gasteiger partial charge in [0.05, 0.1) is 6.10 Å².